The van der Waals surface area contributed by atoms with Crippen molar-refractivity contribution in [1.82, 2.24) is 5.43 Å². The molecule has 0 saturated carbocycles. The molecule has 4 nitrogen and oxygen atoms in total. The van der Waals surface area contributed by atoms with Gasteiger partial charge in [-0.15, -0.1) is 0 Å². The summed E-state index contributed by atoms with van der Waals surface area (Å²) < 4.78 is 5.59. The highest BCUT2D eigenvalue weighted by Crippen LogP contribution is 2.12. The number of benzene rings is 2. The minimum absolute atomic E-state index is 0.169. The average molecular weight is 313 g/mol. The lowest BCUT2D eigenvalue weighted by Gasteiger charge is -2.09. The van der Waals surface area contributed by atoms with Gasteiger partial charge in [0.15, 0.2) is 5.11 Å². The van der Waals surface area contributed by atoms with E-state index in [1.807, 2.05) is 68.4 Å². The Bertz CT molecular complexity index is 624. The molecule has 0 unspecified atom stereocenters. The number of thiocarbonyl (C=S) groups is 1. The second kappa shape index (κ2) is 8.14. The molecule has 2 rings (SSSR count). The molecule has 0 aliphatic heterocycles. The molecule has 0 aromatic heterocycles. The number of rotatable bonds is 5. The molecule has 2 N–H and O–H groups in total. The molecule has 0 aliphatic carbocycles. The molecular weight excluding hydrogens is 294 g/mol. The van der Waals surface area contributed by atoms with Crippen LogP contribution in [0.25, 0.3) is 0 Å². The smallest absolute Gasteiger partial charge is 0.191 e. The molecule has 0 heterocycles. The fourth-order valence-electron chi connectivity index (χ4n) is 1.75. The average Bonchev–Trinajstić information content (AvgIpc) is 2.49. The Morgan fingerprint density at radius 2 is 1.77 bits per heavy atom. The summed E-state index contributed by atoms with van der Waals surface area (Å²) in [5.41, 5.74) is 4.67. The number of ether oxygens (including phenoxy) is 1. The summed E-state index contributed by atoms with van der Waals surface area (Å²) in [5, 5.41) is 7.60. The third kappa shape index (κ3) is 5.54. The molecule has 5 heteroatoms. The van der Waals surface area contributed by atoms with E-state index in [-0.39, 0.29) is 6.10 Å². The van der Waals surface area contributed by atoms with Crippen LogP contribution in [0, 0.1) is 0 Å². The summed E-state index contributed by atoms with van der Waals surface area (Å²) in [4.78, 5) is 0. The van der Waals surface area contributed by atoms with E-state index in [9.17, 15) is 0 Å². The van der Waals surface area contributed by atoms with E-state index < -0.39 is 0 Å². The zero-order chi connectivity index (χ0) is 15.8. The van der Waals surface area contributed by atoms with Crippen molar-refractivity contribution < 1.29 is 4.74 Å². The summed E-state index contributed by atoms with van der Waals surface area (Å²) in [7, 11) is 0. The zero-order valence-corrected chi connectivity index (χ0v) is 13.4. The predicted molar refractivity (Wildman–Crippen MR) is 95.6 cm³/mol. The van der Waals surface area contributed by atoms with Crippen molar-refractivity contribution in [2.75, 3.05) is 5.32 Å². The minimum atomic E-state index is 0.169. The van der Waals surface area contributed by atoms with Gasteiger partial charge in [0, 0.05) is 5.69 Å². The van der Waals surface area contributed by atoms with E-state index in [4.69, 9.17) is 17.0 Å². The molecule has 0 amide bonds. The fraction of sp³-hybridized carbons (Fsp3) is 0.176. The minimum Gasteiger partial charge on any atom is -0.491 e. The lowest BCUT2D eigenvalue weighted by atomic mass is 10.2. The van der Waals surface area contributed by atoms with E-state index in [2.05, 4.69) is 15.8 Å². The standard InChI is InChI=1S/C17H19N3OS/c1-13(2)21-16-10-8-14(9-11-16)12-18-20-17(22)19-15-6-4-3-5-7-15/h3-13H,1-2H3,(H2,19,20,22)/b18-12-. The van der Waals surface area contributed by atoms with Crippen LogP contribution in [0.5, 0.6) is 5.75 Å². The van der Waals surface area contributed by atoms with Crippen LogP contribution in [0.15, 0.2) is 59.7 Å². The van der Waals surface area contributed by atoms with E-state index in [0.717, 1.165) is 17.0 Å². The third-order valence-corrected chi connectivity index (χ3v) is 2.86. The van der Waals surface area contributed by atoms with Crippen molar-refractivity contribution in [2.24, 2.45) is 5.10 Å². The summed E-state index contributed by atoms with van der Waals surface area (Å²) in [6.45, 7) is 4.00. The Morgan fingerprint density at radius 3 is 2.41 bits per heavy atom. The number of nitrogens with one attached hydrogen (secondary N) is 2. The van der Waals surface area contributed by atoms with Crippen molar-refractivity contribution in [3.8, 4) is 5.75 Å². The quantitative estimate of drug-likeness (QED) is 0.501. The summed E-state index contributed by atoms with van der Waals surface area (Å²) >= 11 is 5.16. The molecule has 0 aliphatic rings. The molecule has 2 aromatic rings. The van der Waals surface area contributed by atoms with Crippen LogP contribution in [-0.4, -0.2) is 17.4 Å². The van der Waals surface area contributed by atoms with Gasteiger partial charge in [0.25, 0.3) is 0 Å². The van der Waals surface area contributed by atoms with Gasteiger partial charge in [-0.05, 0) is 68.0 Å². The van der Waals surface area contributed by atoms with Crippen LogP contribution in [0.1, 0.15) is 19.4 Å². The molecule has 0 fully saturated rings. The predicted octanol–water partition coefficient (Wildman–Crippen LogP) is 3.79. The summed E-state index contributed by atoms with van der Waals surface area (Å²) in [6.07, 6.45) is 1.88. The van der Waals surface area contributed by atoms with Gasteiger partial charge in [0.05, 0.1) is 12.3 Å². The Morgan fingerprint density at radius 1 is 1.09 bits per heavy atom. The molecular formula is C17H19N3OS. The maximum Gasteiger partial charge on any atom is 0.191 e. The maximum atomic E-state index is 5.59. The molecule has 114 valence electrons. The molecule has 2 aromatic carbocycles. The van der Waals surface area contributed by atoms with Crippen LogP contribution in [0.4, 0.5) is 5.69 Å². The normalized spacial score (nSPS) is 10.7. The number of hydrogen-bond donors (Lipinski definition) is 2. The summed E-state index contributed by atoms with van der Waals surface area (Å²) in [5.74, 6) is 0.848. The highest BCUT2D eigenvalue weighted by molar-refractivity contribution is 7.80. The highest BCUT2D eigenvalue weighted by Gasteiger charge is 1.97. The van der Waals surface area contributed by atoms with Crippen LogP contribution >= 0.6 is 12.2 Å². The van der Waals surface area contributed by atoms with Gasteiger partial charge in [0.2, 0.25) is 0 Å². The molecule has 0 saturated heterocycles. The monoisotopic (exact) mass is 313 g/mol. The number of nitrogens with zero attached hydrogens (tertiary/aromatic N) is 1. The van der Waals surface area contributed by atoms with Crippen LogP contribution in [0.3, 0.4) is 0 Å². The first-order valence-electron chi connectivity index (χ1n) is 7.05. The van der Waals surface area contributed by atoms with Gasteiger partial charge in [-0.25, -0.2) is 0 Å². The lowest BCUT2D eigenvalue weighted by Crippen LogP contribution is -2.23. The van der Waals surface area contributed by atoms with Crippen molar-refractivity contribution in [1.29, 1.82) is 0 Å². The Labute approximate surface area is 136 Å². The van der Waals surface area contributed by atoms with Gasteiger partial charge in [-0.1, -0.05) is 18.2 Å². The lowest BCUT2D eigenvalue weighted by molar-refractivity contribution is 0.242. The third-order valence-electron chi connectivity index (χ3n) is 2.66. The molecule has 22 heavy (non-hydrogen) atoms. The Kier molecular flexibility index (Phi) is 5.91. The highest BCUT2D eigenvalue weighted by atomic mass is 32.1. The van der Waals surface area contributed by atoms with Crippen molar-refractivity contribution in [2.45, 2.75) is 20.0 Å². The van der Waals surface area contributed by atoms with Crippen LogP contribution < -0.4 is 15.5 Å². The largest absolute Gasteiger partial charge is 0.491 e. The summed E-state index contributed by atoms with van der Waals surface area (Å²) in [6, 6.07) is 17.4. The fourth-order valence-corrected chi connectivity index (χ4v) is 1.92. The number of para-hydroxylation sites is 1. The van der Waals surface area contributed by atoms with E-state index in [1.54, 1.807) is 6.21 Å². The first kappa shape index (κ1) is 16.0. The second-order valence-corrected chi connectivity index (χ2v) is 5.33. The van der Waals surface area contributed by atoms with Gasteiger partial charge in [-0.3, -0.25) is 5.43 Å². The number of hydrazone groups is 1. The Balaban J connectivity index is 1.83. The molecule has 0 atom stereocenters. The molecule has 0 radical (unpaired) electrons. The molecule has 0 spiro atoms. The van der Waals surface area contributed by atoms with Crippen LogP contribution in [0.2, 0.25) is 0 Å². The van der Waals surface area contributed by atoms with Crippen molar-refractivity contribution in [3.05, 3.63) is 60.2 Å². The van der Waals surface area contributed by atoms with E-state index >= 15 is 0 Å². The maximum absolute atomic E-state index is 5.59. The van der Waals surface area contributed by atoms with Gasteiger partial charge >= 0.3 is 0 Å². The SMILES string of the molecule is CC(C)Oc1ccc(/C=N\NC(=S)Nc2ccccc2)cc1. The van der Waals surface area contributed by atoms with Crippen molar-refractivity contribution in [3.63, 3.8) is 0 Å². The first-order valence-corrected chi connectivity index (χ1v) is 7.46. The van der Waals surface area contributed by atoms with Crippen molar-refractivity contribution >= 4 is 29.2 Å². The first-order chi connectivity index (χ1) is 10.6. The van der Waals surface area contributed by atoms with E-state index in [0.29, 0.717) is 5.11 Å². The Hall–Kier alpha value is -2.40. The van der Waals surface area contributed by atoms with Gasteiger partial charge in [-0.2, -0.15) is 5.10 Å². The van der Waals surface area contributed by atoms with E-state index in [1.165, 1.54) is 0 Å². The van der Waals surface area contributed by atoms with Gasteiger partial charge in [0.1, 0.15) is 5.75 Å². The second-order valence-electron chi connectivity index (χ2n) is 4.93. The topological polar surface area (TPSA) is 45.6 Å². The number of hydrogen-bond acceptors (Lipinski definition) is 3. The zero-order valence-electron chi connectivity index (χ0n) is 12.6. The van der Waals surface area contributed by atoms with Crippen LogP contribution in [-0.2, 0) is 0 Å². The number of anilines is 1. The van der Waals surface area contributed by atoms with Gasteiger partial charge < -0.3 is 10.1 Å². The molecule has 0 bridgehead atoms.